The standard InChI is InChI=1S/C19H21BrFN3O/c20-17-11-24(10-12-2-5-16(21)6-3-12)23-19(17)22-18(25)9-15-8-13-1-4-14(15)7-13/h2-3,5-6,11,13-15H,1,4,7-10H2,(H,22,23,25). The first kappa shape index (κ1) is 16.8. The molecular formula is C19H21BrFN3O. The third-order valence-electron chi connectivity index (χ3n) is 5.56. The largest absolute Gasteiger partial charge is 0.308 e. The number of nitrogens with one attached hydrogen (secondary N) is 1. The average molecular weight is 406 g/mol. The van der Waals surface area contributed by atoms with Crippen molar-refractivity contribution in [3.8, 4) is 0 Å². The molecule has 2 aliphatic rings. The smallest absolute Gasteiger partial charge is 0.225 e. The number of carbonyl (C=O) groups excluding carboxylic acids is 1. The number of rotatable bonds is 5. The Kier molecular flexibility index (Phi) is 4.63. The van der Waals surface area contributed by atoms with E-state index in [1.54, 1.807) is 16.8 Å². The maximum atomic E-state index is 13.0. The van der Waals surface area contributed by atoms with Crippen LogP contribution in [0.15, 0.2) is 34.9 Å². The highest BCUT2D eigenvalue weighted by molar-refractivity contribution is 9.10. The minimum absolute atomic E-state index is 0.0466. The van der Waals surface area contributed by atoms with Gasteiger partial charge in [-0.15, -0.1) is 0 Å². The summed E-state index contributed by atoms with van der Waals surface area (Å²) < 4.78 is 15.5. The SMILES string of the molecule is O=C(CC1CC2CCC1C2)Nc1nn(Cc2ccc(F)cc2)cc1Br. The molecule has 2 saturated carbocycles. The molecule has 2 aromatic rings. The van der Waals surface area contributed by atoms with Crippen LogP contribution in [0.4, 0.5) is 10.2 Å². The fourth-order valence-corrected chi connectivity index (χ4v) is 4.80. The highest BCUT2D eigenvalue weighted by atomic mass is 79.9. The quantitative estimate of drug-likeness (QED) is 0.789. The van der Waals surface area contributed by atoms with Gasteiger partial charge in [0.15, 0.2) is 5.82 Å². The first-order valence-electron chi connectivity index (χ1n) is 8.84. The van der Waals surface area contributed by atoms with Gasteiger partial charge in [0.05, 0.1) is 11.0 Å². The van der Waals surface area contributed by atoms with Gasteiger partial charge in [0.1, 0.15) is 5.82 Å². The number of fused-ring (bicyclic) bond motifs is 2. The molecule has 3 atom stereocenters. The van der Waals surface area contributed by atoms with Crippen LogP contribution in [-0.4, -0.2) is 15.7 Å². The van der Waals surface area contributed by atoms with Crippen molar-refractivity contribution < 1.29 is 9.18 Å². The van der Waals surface area contributed by atoms with Crippen LogP contribution < -0.4 is 5.32 Å². The Morgan fingerprint density at radius 2 is 2.08 bits per heavy atom. The number of aromatic nitrogens is 2. The van der Waals surface area contributed by atoms with Crippen molar-refractivity contribution in [2.24, 2.45) is 17.8 Å². The highest BCUT2D eigenvalue weighted by Gasteiger charge is 2.40. The maximum Gasteiger partial charge on any atom is 0.225 e. The molecule has 6 heteroatoms. The van der Waals surface area contributed by atoms with Gasteiger partial charge in [-0.2, -0.15) is 5.10 Å². The van der Waals surface area contributed by atoms with Gasteiger partial charge in [-0.25, -0.2) is 4.39 Å². The molecule has 2 bridgehead atoms. The monoisotopic (exact) mass is 405 g/mol. The lowest BCUT2D eigenvalue weighted by Crippen LogP contribution is -2.20. The van der Waals surface area contributed by atoms with E-state index in [0.717, 1.165) is 21.9 Å². The number of halogens is 2. The molecule has 2 fully saturated rings. The van der Waals surface area contributed by atoms with Crippen LogP contribution in [-0.2, 0) is 11.3 Å². The van der Waals surface area contributed by atoms with Crippen LogP contribution in [0.2, 0.25) is 0 Å². The van der Waals surface area contributed by atoms with Crippen molar-refractivity contribution in [2.45, 2.75) is 38.6 Å². The van der Waals surface area contributed by atoms with Crippen molar-refractivity contribution in [3.63, 3.8) is 0 Å². The number of benzene rings is 1. The van der Waals surface area contributed by atoms with E-state index in [0.29, 0.717) is 24.7 Å². The minimum atomic E-state index is -0.251. The van der Waals surface area contributed by atoms with Gasteiger partial charge in [-0.1, -0.05) is 18.6 Å². The summed E-state index contributed by atoms with van der Waals surface area (Å²) in [6, 6.07) is 6.34. The van der Waals surface area contributed by atoms with Crippen LogP contribution in [0.5, 0.6) is 0 Å². The number of amides is 1. The van der Waals surface area contributed by atoms with Gasteiger partial charge in [0.25, 0.3) is 0 Å². The summed E-state index contributed by atoms with van der Waals surface area (Å²) in [6.45, 7) is 0.529. The molecule has 1 N–H and O–H groups in total. The lowest BCUT2D eigenvalue weighted by Gasteiger charge is -2.20. The highest BCUT2D eigenvalue weighted by Crippen LogP contribution is 2.49. The van der Waals surface area contributed by atoms with Crippen LogP contribution >= 0.6 is 15.9 Å². The Balaban J connectivity index is 1.36. The van der Waals surface area contributed by atoms with Crippen LogP contribution in [0, 0.1) is 23.6 Å². The first-order chi connectivity index (χ1) is 12.1. The number of anilines is 1. The van der Waals surface area contributed by atoms with E-state index in [1.165, 1.54) is 37.8 Å². The van der Waals surface area contributed by atoms with Gasteiger partial charge >= 0.3 is 0 Å². The molecule has 1 heterocycles. The van der Waals surface area contributed by atoms with Crippen molar-refractivity contribution in [1.29, 1.82) is 0 Å². The average Bonchev–Trinajstić information content (AvgIpc) is 3.26. The molecule has 132 valence electrons. The number of nitrogens with zero attached hydrogens (tertiary/aromatic N) is 2. The second kappa shape index (κ2) is 6.90. The Bertz CT molecular complexity index is 773. The minimum Gasteiger partial charge on any atom is -0.308 e. The molecule has 1 amide bonds. The predicted molar refractivity (Wildman–Crippen MR) is 97.6 cm³/mol. The summed E-state index contributed by atoms with van der Waals surface area (Å²) in [6.07, 6.45) is 7.59. The van der Waals surface area contributed by atoms with Crippen molar-refractivity contribution in [1.82, 2.24) is 9.78 Å². The number of carbonyl (C=O) groups is 1. The lowest BCUT2D eigenvalue weighted by molar-refractivity contribution is -0.117. The Morgan fingerprint density at radius 3 is 2.76 bits per heavy atom. The van der Waals surface area contributed by atoms with Gasteiger partial charge in [-0.3, -0.25) is 9.48 Å². The zero-order valence-corrected chi connectivity index (χ0v) is 15.5. The summed E-state index contributed by atoms with van der Waals surface area (Å²) in [7, 11) is 0. The van der Waals surface area contributed by atoms with Gasteiger partial charge in [0.2, 0.25) is 5.91 Å². The molecule has 1 aromatic carbocycles. The van der Waals surface area contributed by atoms with E-state index in [9.17, 15) is 9.18 Å². The lowest BCUT2D eigenvalue weighted by atomic mass is 9.86. The van der Waals surface area contributed by atoms with Gasteiger partial charge < -0.3 is 5.32 Å². The summed E-state index contributed by atoms with van der Waals surface area (Å²) in [5, 5.41) is 7.37. The van der Waals surface area contributed by atoms with Gasteiger partial charge in [-0.05, 0) is 70.6 Å². The van der Waals surface area contributed by atoms with Crippen molar-refractivity contribution in [3.05, 3.63) is 46.3 Å². The zero-order valence-electron chi connectivity index (χ0n) is 13.9. The van der Waals surface area contributed by atoms with Crippen molar-refractivity contribution in [2.75, 3.05) is 5.32 Å². The molecule has 3 unspecified atom stereocenters. The van der Waals surface area contributed by atoms with E-state index in [1.807, 2.05) is 6.20 Å². The zero-order chi connectivity index (χ0) is 17.4. The summed E-state index contributed by atoms with van der Waals surface area (Å²) in [5.74, 6) is 2.48. The number of hydrogen-bond donors (Lipinski definition) is 1. The normalized spacial score (nSPS) is 24.6. The summed E-state index contributed by atoms with van der Waals surface area (Å²) in [5.41, 5.74) is 0.955. The predicted octanol–water partition coefficient (Wildman–Crippen LogP) is 4.60. The molecule has 0 aliphatic heterocycles. The second-order valence-electron chi connectivity index (χ2n) is 7.34. The third-order valence-corrected chi connectivity index (χ3v) is 6.15. The van der Waals surface area contributed by atoms with Crippen LogP contribution in [0.1, 0.15) is 37.7 Å². The Labute approximate surface area is 154 Å². The van der Waals surface area contributed by atoms with Crippen LogP contribution in [0.25, 0.3) is 0 Å². The van der Waals surface area contributed by atoms with E-state index in [4.69, 9.17) is 0 Å². The molecule has 0 saturated heterocycles. The molecular weight excluding hydrogens is 385 g/mol. The van der Waals surface area contributed by atoms with E-state index in [-0.39, 0.29) is 11.7 Å². The Hall–Kier alpha value is -1.69. The maximum absolute atomic E-state index is 13.0. The molecule has 1 aromatic heterocycles. The van der Waals surface area contributed by atoms with Crippen molar-refractivity contribution >= 4 is 27.7 Å². The topological polar surface area (TPSA) is 46.9 Å². The molecule has 2 aliphatic carbocycles. The van der Waals surface area contributed by atoms with Crippen LogP contribution in [0.3, 0.4) is 0 Å². The second-order valence-corrected chi connectivity index (χ2v) is 8.19. The molecule has 0 spiro atoms. The Morgan fingerprint density at radius 1 is 1.28 bits per heavy atom. The van der Waals surface area contributed by atoms with E-state index in [2.05, 4.69) is 26.3 Å². The fourth-order valence-electron chi connectivity index (χ4n) is 4.39. The fraction of sp³-hybridized carbons (Fsp3) is 0.474. The van der Waals surface area contributed by atoms with E-state index < -0.39 is 0 Å². The third kappa shape index (κ3) is 3.78. The number of hydrogen-bond acceptors (Lipinski definition) is 2. The molecule has 0 radical (unpaired) electrons. The molecule has 25 heavy (non-hydrogen) atoms. The van der Waals surface area contributed by atoms with E-state index >= 15 is 0 Å². The summed E-state index contributed by atoms with van der Waals surface area (Å²) >= 11 is 3.46. The first-order valence-corrected chi connectivity index (χ1v) is 9.63. The molecule has 4 nitrogen and oxygen atoms in total. The molecule has 4 rings (SSSR count). The van der Waals surface area contributed by atoms with Gasteiger partial charge in [0, 0.05) is 12.6 Å². The summed E-state index contributed by atoms with van der Waals surface area (Å²) in [4.78, 5) is 12.4.